The smallest absolute Gasteiger partial charge is 0.126 e. The van der Waals surface area contributed by atoms with Crippen molar-refractivity contribution in [2.24, 2.45) is 5.92 Å². The lowest BCUT2D eigenvalue weighted by atomic mass is 9.81. The Morgan fingerprint density at radius 1 is 1.19 bits per heavy atom. The maximum Gasteiger partial charge on any atom is 0.126 e. The molecule has 1 fully saturated rings. The van der Waals surface area contributed by atoms with Gasteiger partial charge in [0, 0.05) is 12.5 Å². The van der Waals surface area contributed by atoms with E-state index in [2.05, 4.69) is 37.4 Å². The zero-order valence-electron chi connectivity index (χ0n) is 13.5. The number of ether oxygens (including phenoxy) is 1. The van der Waals surface area contributed by atoms with E-state index >= 15 is 0 Å². The van der Waals surface area contributed by atoms with Gasteiger partial charge in [0.05, 0.1) is 6.61 Å². The first kappa shape index (κ1) is 14.9. The molecule has 0 aromatic heterocycles. The van der Waals surface area contributed by atoms with E-state index in [4.69, 9.17) is 4.74 Å². The number of rotatable bonds is 4. The zero-order chi connectivity index (χ0) is 14.7. The number of benzene rings is 1. The Morgan fingerprint density at radius 3 is 2.90 bits per heavy atom. The minimum atomic E-state index is 0.576. The molecular formula is C19H29NO. The van der Waals surface area contributed by atoms with Crippen molar-refractivity contribution in [3.05, 3.63) is 29.3 Å². The molecule has 2 unspecified atom stereocenters. The Labute approximate surface area is 129 Å². The Hall–Kier alpha value is -1.02. The number of para-hydroxylation sites is 1. The summed E-state index contributed by atoms with van der Waals surface area (Å²) < 4.78 is 5.98. The van der Waals surface area contributed by atoms with Crippen molar-refractivity contribution in [1.29, 1.82) is 0 Å². The predicted octanol–water partition coefficient (Wildman–Crippen LogP) is 4.28. The third kappa shape index (κ3) is 3.42. The third-order valence-corrected chi connectivity index (χ3v) is 5.09. The van der Waals surface area contributed by atoms with Gasteiger partial charge < -0.3 is 10.1 Å². The van der Waals surface area contributed by atoms with E-state index in [1.807, 2.05) is 0 Å². The Bertz CT molecular complexity index is 469. The molecule has 1 aliphatic carbocycles. The van der Waals surface area contributed by atoms with Gasteiger partial charge in [-0.15, -0.1) is 0 Å². The molecule has 116 valence electrons. The molecule has 2 aliphatic rings. The molecule has 1 aliphatic heterocycles. The van der Waals surface area contributed by atoms with E-state index in [-0.39, 0.29) is 0 Å². The predicted molar refractivity (Wildman–Crippen MR) is 88.1 cm³/mol. The van der Waals surface area contributed by atoms with E-state index in [1.165, 1.54) is 49.0 Å². The molecule has 1 saturated carbocycles. The van der Waals surface area contributed by atoms with Gasteiger partial charge in [0.2, 0.25) is 0 Å². The summed E-state index contributed by atoms with van der Waals surface area (Å²) >= 11 is 0. The second-order valence-electron chi connectivity index (χ2n) is 7.00. The van der Waals surface area contributed by atoms with E-state index in [1.54, 1.807) is 0 Å². The largest absolute Gasteiger partial charge is 0.493 e. The molecule has 1 aromatic carbocycles. The van der Waals surface area contributed by atoms with Crippen LogP contribution in [0.3, 0.4) is 0 Å². The van der Waals surface area contributed by atoms with Gasteiger partial charge in [0.15, 0.2) is 0 Å². The maximum absolute atomic E-state index is 5.98. The van der Waals surface area contributed by atoms with Crippen molar-refractivity contribution in [3.8, 4) is 5.75 Å². The molecule has 0 amide bonds. The van der Waals surface area contributed by atoms with Crippen molar-refractivity contribution >= 4 is 0 Å². The first-order valence-corrected chi connectivity index (χ1v) is 8.73. The average molecular weight is 287 g/mol. The van der Waals surface area contributed by atoms with Crippen LogP contribution in [-0.4, -0.2) is 19.2 Å². The average Bonchev–Trinajstić information content (AvgIpc) is 2.83. The van der Waals surface area contributed by atoms with Gasteiger partial charge in [-0.2, -0.15) is 0 Å². The van der Waals surface area contributed by atoms with Gasteiger partial charge in [-0.25, -0.2) is 0 Å². The maximum atomic E-state index is 5.98. The molecule has 1 heterocycles. The van der Waals surface area contributed by atoms with Crippen LogP contribution in [0.25, 0.3) is 0 Å². The highest BCUT2D eigenvalue weighted by atomic mass is 16.5. The molecule has 3 rings (SSSR count). The Morgan fingerprint density at radius 2 is 2.05 bits per heavy atom. The van der Waals surface area contributed by atoms with Crippen LogP contribution in [0.4, 0.5) is 0 Å². The Balaban J connectivity index is 1.84. The SMILES string of the molecule is CC(C)NCC1CCCCCC1c1cccc2c1OCC2. The van der Waals surface area contributed by atoms with Crippen molar-refractivity contribution in [2.75, 3.05) is 13.2 Å². The van der Waals surface area contributed by atoms with Crippen LogP contribution in [0.5, 0.6) is 5.75 Å². The molecule has 21 heavy (non-hydrogen) atoms. The normalized spacial score (nSPS) is 25.5. The van der Waals surface area contributed by atoms with E-state index < -0.39 is 0 Å². The van der Waals surface area contributed by atoms with Gasteiger partial charge >= 0.3 is 0 Å². The van der Waals surface area contributed by atoms with E-state index in [9.17, 15) is 0 Å². The van der Waals surface area contributed by atoms with E-state index in [0.717, 1.165) is 25.5 Å². The molecular weight excluding hydrogens is 258 g/mol. The van der Waals surface area contributed by atoms with Crippen LogP contribution in [0.15, 0.2) is 18.2 Å². The fourth-order valence-corrected chi connectivity index (χ4v) is 3.96. The highest BCUT2D eigenvalue weighted by Gasteiger charge is 2.29. The van der Waals surface area contributed by atoms with Crippen LogP contribution in [0.2, 0.25) is 0 Å². The molecule has 0 radical (unpaired) electrons. The van der Waals surface area contributed by atoms with Crippen LogP contribution in [0.1, 0.15) is 63.0 Å². The first-order chi connectivity index (χ1) is 10.3. The lowest BCUT2D eigenvalue weighted by Crippen LogP contribution is -2.31. The second kappa shape index (κ2) is 6.83. The minimum Gasteiger partial charge on any atom is -0.493 e. The summed E-state index contributed by atoms with van der Waals surface area (Å²) in [7, 11) is 0. The molecule has 2 atom stereocenters. The summed E-state index contributed by atoms with van der Waals surface area (Å²) in [5.74, 6) is 2.65. The summed E-state index contributed by atoms with van der Waals surface area (Å²) in [5, 5.41) is 3.67. The quantitative estimate of drug-likeness (QED) is 0.834. The minimum absolute atomic E-state index is 0.576. The van der Waals surface area contributed by atoms with Crippen molar-refractivity contribution < 1.29 is 4.74 Å². The highest BCUT2D eigenvalue weighted by molar-refractivity contribution is 5.46. The molecule has 1 N–H and O–H groups in total. The topological polar surface area (TPSA) is 21.3 Å². The van der Waals surface area contributed by atoms with Crippen LogP contribution >= 0.6 is 0 Å². The standard InChI is InChI=1S/C19H29NO/c1-14(2)20-13-16-7-4-3-5-9-17(16)18-10-6-8-15-11-12-21-19(15)18/h6,8,10,14,16-17,20H,3-5,7,9,11-13H2,1-2H3. The number of hydrogen-bond acceptors (Lipinski definition) is 2. The van der Waals surface area contributed by atoms with Gasteiger partial charge in [0.25, 0.3) is 0 Å². The molecule has 2 heteroatoms. The fourth-order valence-electron chi connectivity index (χ4n) is 3.96. The van der Waals surface area contributed by atoms with Gasteiger partial charge in [0.1, 0.15) is 5.75 Å². The van der Waals surface area contributed by atoms with Gasteiger partial charge in [-0.3, -0.25) is 0 Å². The summed E-state index contributed by atoms with van der Waals surface area (Å²) in [5.41, 5.74) is 2.91. The summed E-state index contributed by atoms with van der Waals surface area (Å²) in [6, 6.07) is 7.37. The summed E-state index contributed by atoms with van der Waals surface area (Å²) in [4.78, 5) is 0. The number of fused-ring (bicyclic) bond motifs is 1. The first-order valence-electron chi connectivity index (χ1n) is 8.73. The second-order valence-corrected chi connectivity index (χ2v) is 7.00. The van der Waals surface area contributed by atoms with Crippen molar-refractivity contribution in [3.63, 3.8) is 0 Å². The van der Waals surface area contributed by atoms with Gasteiger partial charge in [-0.05, 0) is 42.3 Å². The van der Waals surface area contributed by atoms with E-state index in [0.29, 0.717) is 12.0 Å². The van der Waals surface area contributed by atoms with Crippen LogP contribution in [-0.2, 0) is 6.42 Å². The van der Waals surface area contributed by atoms with Crippen LogP contribution < -0.4 is 10.1 Å². The molecule has 1 aromatic rings. The lowest BCUT2D eigenvalue weighted by Gasteiger charge is -2.28. The zero-order valence-corrected chi connectivity index (χ0v) is 13.5. The van der Waals surface area contributed by atoms with Crippen LogP contribution in [0, 0.1) is 5.92 Å². The monoisotopic (exact) mass is 287 g/mol. The fraction of sp³-hybridized carbons (Fsp3) is 0.684. The van der Waals surface area contributed by atoms with Gasteiger partial charge in [-0.1, -0.05) is 51.3 Å². The van der Waals surface area contributed by atoms with Crippen molar-refractivity contribution in [2.45, 2.75) is 64.3 Å². The van der Waals surface area contributed by atoms with Crippen molar-refractivity contribution in [1.82, 2.24) is 5.32 Å². The number of hydrogen-bond donors (Lipinski definition) is 1. The number of nitrogens with one attached hydrogen (secondary N) is 1. The molecule has 2 nitrogen and oxygen atoms in total. The highest BCUT2D eigenvalue weighted by Crippen LogP contribution is 2.43. The molecule has 0 spiro atoms. The molecule has 0 saturated heterocycles. The summed E-state index contributed by atoms with van der Waals surface area (Å²) in [6.07, 6.45) is 7.91. The molecule has 0 bridgehead atoms. The third-order valence-electron chi connectivity index (χ3n) is 5.09. The lowest BCUT2D eigenvalue weighted by molar-refractivity contribution is 0.329. The summed E-state index contributed by atoms with van der Waals surface area (Å²) in [6.45, 7) is 6.50. The Kier molecular flexibility index (Phi) is 4.84.